The van der Waals surface area contributed by atoms with E-state index in [-0.39, 0.29) is 0 Å². The third-order valence-electron chi connectivity index (χ3n) is 2.25. The average molecular weight is 193 g/mol. The van der Waals surface area contributed by atoms with Crippen LogP contribution in [-0.2, 0) is 4.79 Å². The quantitative estimate of drug-likeness (QED) is 0.552. The molecular formula is C9H11N3O2. The number of carboxylic acids is 1. The Hall–Kier alpha value is -1.78. The normalized spacial score (nSPS) is 29.3. The summed E-state index contributed by atoms with van der Waals surface area (Å²) in [5.74, 6) is -0.475. The summed E-state index contributed by atoms with van der Waals surface area (Å²) in [4.78, 5) is 15.3. The van der Waals surface area contributed by atoms with Crippen molar-refractivity contribution in [2.75, 3.05) is 13.1 Å². The van der Waals surface area contributed by atoms with E-state index in [0.29, 0.717) is 18.9 Å². The Morgan fingerprint density at radius 1 is 1.57 bits per heavy atom. The first-order valence-electron chi connectivity index (χ1n) is 4.40. The summed E-state index contributed by atoms with van der Waals surface area (Å²) in [5, 5.41) is 15.0. The van der Waals surface area contributed by atoms with Crippen LogP contribution in [0.5, 0.6) is 0 Å². The second-order valence-corrected chi connectivity index (χ2v) is 3.13. The summed E-state index contributed by atoms with van der Waals surface area (Å²) < 4.78 is 0. The zero-order valence-corrected chi connectivity index (χ0v) is 7.53. The molecule has 5 heteroatoms. The lowest BCUT2D eigenvalue weighted by atomic mass is 9.96. The summed E-state index contributed by atoms with van der Waals surface area (Å²) in [6.45, 7) is 1.33. The number of carboxylic acid groups (broad SMARTS) is 1. The molecule has 0 aliphatic carbocycles. The average Bonchev–Trinajstić information content (AvgIpc) is 2.72. The van der Waals surface area contributed by atoms with Gasteiger partial charge in [0.15, 0.2) is 0 Å². The van der Waals surface area contributed by atoms with Crippen LogP contribution in [0.4, 0.5) is 0 Å². The third kappa shape index (κ3) is 1.17. The van der Waals surface area contributed by atoms with E-state index in [4.69, 9.17) is 0 Å². The minimum atomic E-state index is -1.20. The van der Waals surface area contributed by atoms with Gasteiger partial charge >= 0.3 is 5.97 Å². The predicted molar refractivity (Wildman–Crippen MR) is 52.1 cm³/mol. The Bertz CT molecular complexity index is 346. The van der Waals surface area contributed by atoms with E-state index in [2.05, 4.69) is 15.6 Å². The number of rotatable bonds is 2. The van der Waals surface area contributed by atoms with Crippen molar-refractivity contribution in [2.24, 2.45) is 4.99 Å². The van der Waals surface area contributed by atoms with Gasteiger partial charge in [0.2, 0.25) is 5.54 Å². The largest absolute Gasteiger partial charge is 0.479 e. The van der Waals surface area contributed by atoms with Crippen LogP contribution in [0.15, 0.2) is 29.4 Å². The lowest BCUT2D eigenvalue weighted by Gasteiger charge is -2.28. The molecule has 2 aliphatic rings. The number of hydrogen-bond donors (Lipinski definition) is 3. The molecule has 0 amide bonds. The van der Waals surface area contributed by atoms with Crippen molar-refractivity contribution in [3.8, 4) is 0 Å². The smallest absolute Gasteiger partial charge is 0.341 e. The fourth-order valence-electron chi connectivity index (χ4n) is 1.53. The summed E-state index contributed by atoms with van der Waals surface area (Å²) >= 11 is 0. The summed E-state index contributed by atoms with van der Waals surface area (Å²) in [5.41, 5.74) is -1.20. The van der Waals surface area contributed by atoms with Crippen LogP contribution >= 0.6 is 0 Å². The van der Waals surface area contributed by atoms with Gasteiger partial charge in [0.25, 0.3) is 0 Å². The molecule has 2 aliphatic heterocycles. The van der Waals surface area contributed by atoms with E-state index in [1.165, 1.54) is 0 Å². The maximum Gasteiger partial charge on any atom is 0.341 e. The number of aliphatic imine (C=N–C) groups is 1. The number of hydrogen-bond acceptors (Lipinski definition) is 4. The molecule has 0 radical (unpaired) electrons. The van der Waals surface area contributed by atoms with Crippen molar-refractivity contribution >= 4 is 11.8 Å². The molecule has 0 bridgehead atoms. The molecule has 14 heavy (non-hydrogen) atoms. The van der Waals surface area contributed by atoms with Crippen LogP contribution in [0.2, 0.25) is 0 Å². The zero-order chi connectivity index (χ0) is 10.0. The van der Waals surface area contributed by atoms with E-state index in [9.17, 15) is 9.90 Å². The molecule has 74 valence electrons. The van der Waals surface area contributed by atoms with Crippen LogP contribution in [-0.4, -0.2) is 35.5 Å². The first-order chi connectivity index (χ1) is 6.76. The topological polar surface area (TPSA) is 73.7 Å². The van der Waals surface area contributed by atoms with E-state index in [1.807, 2.05) is 0 Å². The molecule has 0 saturated carbocycles. The van der Waals surface area contributed by atoms with Crippen molar-refractivity contribution < 1.29 is 9.90 Å². The fourth-order valence-corrected chi connectivity index (χ4v) is 1.53. The Balaban J connectivity index is 2.35. The van der Waals surface area contributed by atoms with Gasteiger partial charge in [-0.25, -0.2) is 4.79 Å². The first kappa shape index (κ1) is 8.80. The highest BCUT2D eigenvalue weighted by Gasteiger charge is 2.42. The van der Waals surface area contributed by atoms with Crippen molar-refractivity contribution in [2.45, 2.75) is 5.54 Å². The lowest BCUT2D eigenvalue weighted by Crippen LogP contribution is -2.58. The Kier molecular flexibility index (Phi) is 1.99. The van der Waals surface area contributed by atoms with Gasteiger partial charge < -0.3 is 15.7 Å². The molecule has 5 nitrogen and oxygen atoms in total. The molecule has 0 spiro atoms. The molecule has 1 atom stereocenters. The van der Waals surface area contributed by atoms with Gasteiger partial charge in [-0.2, -0.15) is 0 Å². The molecule has 0 aromatic heterocycles. The highest BCUT2D eigenvalue weighted by atomic mass is 16.4. The van der Waals surface area contributed by atoms with Gasteiger partial charge in [-0.05, 0) is 18.4 Å². The van der Waals surface area contributed by atoms with Crippen LogP contribution in [0, 0.1) is 0 Å². The highest BCUT2D eigenvalue weighted by molar-refractivity contribution is 6.12. The lowest BCUT2D eigenvalue weighted by molar-refractivity contribution is -0.139. The number of amidine groups is 1. The molecular weight excluding hydrogens is 182 g/mol. The van der Waals surface area contributed by atoms with Crippen molar-refractivity contribution in [1.29, 1.82) is 0 Å². The Morgan fingerprint density at radius 2 is 2.43 bits per heavy atom. The van der Waals surface area contributed by atoms with Gasteiger partial charge in [0.05, 0.1) is 6.54 Å². The van der Waals surface area contributed by atoms with Crippen LogP contribution in [0.3, 0.4) is 0 Å². The van der Waals surface area contributed by atoms with Gasteiger partial charge in [-0.3, -0.25) is 4.99 Å². The van der Waals surface area contributed by atoms with Gasteiger partial charge in [-0.15, -0.1) is 0 Å². The minimum absolute atomic E-state index is 0.477. The summed E-state index contributed by atoms with van der Waals surface area (Å²) in [6.07, 6.45) is 6.65. The predicted octanol–water partition coefficient (Wildman–Crippen LogP) is -0.515. The number of carbonyl (C=O) groups is 1. The number of nitrogens with one attached hydrogen (secondary N) is 2. The highest BCUT2D eigenvalue weighted by Crippen LogP contribution is 2.14. The Labute approximate surface area is 81.2 Å². The maximum absolute atomic E-state index is 11.2. The van der Waals surface area contributed by atoms with E-state index < -0.39 is 11.5 Å². The Morgan fingerprint density at radius 3 is 2.93 bits per heavy atom. The van der Waals surface area contributed by atoms with Crippen LogP contribution < -0.4 is 10.6 Å². The molecule has 0 saturated heterocycles. The molecule has 0 fully saturated rings. The number of aliphatic carboxylic acids is 1. The maximum atomic E-state index is 11.2. The van der Waals surface area contributed by atoms with Crippen molar-refractivity contribution in [3.63, 3.8) is 0 Å². The van der Waals surface area contributed by atoms with E-state index >= 15 is 0 Å². The SMILES string of the molecule is O=C(O)C1(C2=NCCN2)C=CC=CN1. The molecule has 3 N–H and O–H groups in total. The van der Waals surface area contributed by atoms with Crippen molar-refractivity contribution in [1.82, 2.24) is 10.6 Å². The van der Waals surface area contributed by atoms with Crippen LogP contribution in [0.1, 0.15) is 0 Å². The van der Waals surface area contributed by atoms with Gasteiger partial charge in [0.1, 0.15) is 5.84 Å². The monoisotopic (exact) mass is 193 g/mol. The number of nitrogens with zero attached hydrogens (tertiary/aromatic N) is 1. The van der Waals surface area contributed by atoms with E-state index in [1.54, 1.807) is 24.4 Å². The number of allylic oxidation sites excluding steroid dienone is 2. The molecule has 1 unspecified atom stereocenters. The summed E-state index contributed by atoms with van der Waals surface area (Å²) in [6, 6.07) is 0. The second kappa shape index (κ2) is 3.17. The minimum Gasteiger partial charge on any atom is -0.479 e. The third-order valence-corrected chi connectivity index (χ3v) is 2.25. The van der Waals surface area contributed by atoms with E-state index in [0.717, 1.165) is 0 Å². The zero-order valence-electron chi connectivity index (χ0n) is 7.53. The molecule has 2 rings (SSSR count). The molecule has 0 aromatic carbocycles. The summed E-state index contributed by atoms with van der Waals surface area (Å²) in [7, 11) is 0. The van der Waals surface area contributed by atoms with Crippen LogP contribution in [0.25, 0.3) is 0 Å². The fraction of sp³-hybridized carbons (Fsp3) is 0.333. The van der Waals surface area contributed by atoms with Crippen molar-refractivity contribution in [3.05, 3.63) is 24.4 Å². The molecule has 2 heterocycles. The van der Waals surface area contributed by atoms with Gasteiger partial charge in [0, 0.05) is 6.54 Å². The standard InChI is InChI=1S/C9H11N3O2/c13-8(14)9(3-1-2-4-12-9)7-10-5-6-11-7/h1-4,12H,5-6H2,(H,10,11)(H,13,14). The van der Waals surface area contributed by atoms with Gasteiger partial charge in [-0.1, -0.05) is 6.08 Å². The first-order valence-corrected chi connectivity index (χ1v) is 4.40. The number of dihydropyridines is 1. The second-order valence-electron chi connectivity index (χ2n) is 3.13. The molecule has 0 aromatic rings.